The zero-order valence-electron chi connectivity index (χ0n) is 9.79. The van der Waals surface area contributed by atoms with Crippen LogP contribution in [0.5, 0.6) is 0 Å². The molecule has 5 nitrogen and oxygen atoms in total. The van der Waals surface area contributed by atoms with Crippen LogP contribution < -0.4 is 0 Å². The fourth-order valence-electron chi connectivity index (χ4n) is 1.06. The molecule has 0 fully saturated rings. The van der Waals surface area contributed by atoms with E-state index in [1.54, 1.807) is 0 Å². The number of imidazole rings is 1. The quantitative estimate of drug-likeness (QED) is 0.826. The summed E-state index contributed by atoms with van der Waals surface area (Å²) in [6.07, 6.45) is 9.75. The minimum atomic E-state index is -3.67. The molecular formula is C10H18N2O3S. The number of aryl methyl sites for hydroxylation is 1. The minimum absolute atomic E-state index is 0.715. The van der Waals surface area contributed by atoms with Gasteiger partial charge in [0.1, 0.15) is 5.82 Å². The molecule has 0 aromatic carbocycles. The van der Waals surface area contributed by atoms with E-state index >= 15 is 0 Å². The molecule has 1 heterocycles. The Morgan fingerprint density at radius 2 is 2.12 bits per heavy atom. The molecular weight excluding hydrogens is 228 g/mol. The van der Waals surface area contributed by atoms with Crippen molar-refractivity contribution in [2.75, 3.05) is 6.26 Å². The molecule has 0 saturated heterocycles. The molecule has 0 aliphatic heterocycles. The molecule has 0 aliphatic rings. The Morgan fingerprint density at radius 1 is 1.56 bits per heavy atom. The summed E-state index contributed by atoms with van der Waals surface area (Å²) in [5.41, 5.74) is 0. The second-order valence-corrected chi connectivity index (χ2v) is 4.68. The van der Waals surface area contributed by atoms with Gasteiger partial charge in [0.15, 0.2) is 0 Å². The lowest BCUT2D eigenvalue weighted by atomic mass is 10.4. The van der Waals surface area contributed by atoms with Crippen LogP contribution in [0.3, 0.4) is 0 Å². The summed E-state index contributed by atoms with van der Waals surface area (Å²) in [6, 6.07) is 0. The van der Waals surface area contributed by atoms with Crippen LogP contribution in [0.1, 0.15) is 26.1 Å². The molecule has 0 unspecified atom stereocenters. The van der Waals surface area contributed by atoms with E-state index in [-0.39, 0.29) is 0 Å². The molecule has 0 bridgehead atoms. The van der Waals surface area contributed by atoms with Crippen molar-refractivity contribution in [3.05, 3.63) is 24.3 Å². The normalized spacial score (nSPS) is 11.2. The summed E-state index contributed by atoms with van der Waals surface area (Å²) < 4.78 is 28.0. The van der Waals surface area contributed by atoms with Gasteiger partial charge in [0.2, 0.25) is 0 Å². The van der Waals surface area contributed by atoms with Gasteiger partial charge >= 0.3 is 0 Å². The van der Waals surface area contributed by atoms with Crippen LogP contribution >= 0.6 is 0 Å². The molecule has 0 radical (unpaired) electrons. The van der Waals surface area contributed by atoms with E-state index in [1.807, 2.05) is 31.5 Å². The smallest absolute Gasteiger partial charge is 0.261 e. The Hall–Kier alpha value is -1.14. The predicted octanol–water partition coefficient (Wildman–Crippen LogP) is 1.83. The van der Waals surface area contributed by atoms with E-state index in [0.717, 1.165) is 18.8 Å². The molecule has 0 atom stereocenters. The van der Waals surface area contributed by atoms with Crippen molar-refractivity contribution in [3.8, 4) is 0 Å². The van der Waals surface area contributed by atoms with E-state index in [0.29, 0.717) is 6.26 Å². The molecule has 0 spiro atoms. The van der Waals surface area contributed by atoms with Crippen LogP contribution in [0.15, 0.2) is 18.5 Å². The Bertz CT molecular complexity index is 413. The number of allylic oxidation sites excluding steroid dienone is 1. The van der Waals surface area contributed by atoms with Gasteiger partial charge in [0.25, 0.3) is 10.1 Å². The van der Waals surface area contributed by atoms with E-state index in [4.69, 9.17) is 4.55 Å². The Balaban J connectivity index is 0.000000385. The van der Waals surface area contributed by atoms with Crippen molar-refractivity contribution in [3.63, 3.8) is 0 Å². The third kappa shape index (κ3) is 8.19. The highest BCUT2D eigenvalue weighted by Gasteiger charge is 1.94. The fourth-order valence-corrected chi connectivity index (χ4v) is 1.06. The zero-order chi connectivity index (χ0) is 12.6. The van der Waals surface area contributed by atoms with Crippen molar-refractivity contribution in [1.82, 2.24) is 9.55 Å². The summed E-state index contributed by atoms with van der Waals surface area (Å²) in [5.74, 6) is 1.05. The lowest BCUT2D eigenvalue weighted by molar-refractivity contribution is 0.490. The van der Waals surface area contributed by atoms with Gasteiger partial charge < -0.3 is 4.57 Å². The Kier molecular flexibility index (Phi) is 6.67. The number of hydrogen-bond acceptors (Lipinski definition) is 3. The van der Waals surface area contributed by atoms with Crippen LogP contribution in [0, 0.1) is 0 Å². The molecule has 6 heteroatoms. The monoisotopic (exact) mass is 246 g/mol. The van der Waals surface area contributed by atoms with Crippen LogP contribution in [-0.4, -0.2) is 28.8 Å². The number of aromatic nitrogens is 2. The highest BCUT2D eigenvalue weighted by Crippen LogP contribution is 2.00. The largest absolute Gasteiger partial charge is 0.332 e. The van der Waals surface area contributed by atoms with E-state index in [1.165, 1.54) is 0 Å². The molecule has 1 aromatic heterocycles. The summed E-state index contributed by atoms with van der Waals surface area (Å²) in [4.78, 5) is 4.20. The Morgan fingerprint density at radius 3 is 2.56 bits per heavy atom. The molecule has 0 aliphatic carbocycles. The average Bonchev–Trinajstić information content (AvgIpc) is 2.51. The number of hydrogen-bond donors (Lipinski definition) is 1. The second-order valence-electron chi connectivity index (χ2n) is 3.21. The molecule has 1 rings (SSSR count). The highest BCUT2D eigenvalue weighted by atomic mass is 32.2. The first kappa shape index (κ1) is 14.9. The standard InChI is InChI=1S/C9H14N2.CH4O3S/c1-3-5-9-10-6-8-11(9)7-4-2;1-5(2,3)4/h3,5-6,8H,4,7H2,1-2H3;1H3,(H,2,3,4). The van der Waals surface area contributed by atoms with Gasteiger partial charge in [-0.3, -0.25) is 4.55 Å². The lowest BCUT2D eigenvalue weighted by Crippen LogP contribution is -1.97. The van der Waals surface area contributed by atoms with Gasteiger partial charge in [0, 0.05) is 18.9 Å². The van der Waals surface area contributed by atoms with Crippen LogP contribution in [0.25, 0.3) is 6.08 Å². The topological polar surface area (TPSA) is 72.2 Å². The van der Waals surface area contributed by atoms with Gasteiger partial charge in [0.05, 0.1) is 6.26 Å². The Labute approximate surface area is 96.6 Å². The van der Waals surface area contributed by atoms with Gasteiger partial charge in [-0.05, 0) is 19.4 Å². The summed E-state index contributed by atoms with van der Waals surface area (Å²) in [7, 11) is -3.67. The average molecular weight is 246 g/mol. The molecule has 1 N–H and O–H groups in total. The minimum Gasteiger partial charge on any atom is -0.332 e. The fraction of sp³-hybridized carbons (Fsp3) is 0.500. The number of rotatable bonds is 3. The van der Waals surface area contributed by atoms with Crippen molar-refractivity contribution >= 4 is 16.2 Å². The predicted molar refractivity (Wildman–Crippen MR) is 64.7 cm³/mol. The van der Waals surface area contributed by atoms with Gasteiger partial charge in [-0.15, -0.1) is 0 Å². The van der Waals surface area contributed by atoms with Crippen molar-refractivity contribution in [1.29, 1.82) is 0 Å². The first-order valence-corrected chi connectivity index (χ1v) is 6.79. The SMILES string of the molecule is CC=Cc1nccn1CCC.CS(=O)(=O)O. The third-order valence-electron chi connectivity index (χ3n) is 1.53. The van der Waals surface area contributed by atoms with Crippen molar-refractivity contribution in [2.45, 2.75) is 26.8 Å². The first-order chi connectivity index (χ1) is 7.38. The van der Waals surface area contributed by atoms with Crippen LogP contribution in [0.4, 0.5) is 0 Å². The summed E-state index contributed by atoms with van der Waals surface area (Å²) in [6.45, 7) is 5.23. The maximum atomic E-state index is 9.19. The molecule has 16 heavy (non-hydrogen) atoms. The zero-order valence-corrected chi connectivity index (χ0v) is 10.6. The highest BCUT2D eigenvalue weighted by molar-refractivity contribution is 7.85. The second kappa shape index (κ2) is 7.19. The maximum Gasteiger partial charge on any atom is 0.261 e. The maximum absolute atomic E-state index is 9.19. The van der Waals surface area contributed by atoms with Crippen molar-refractivity contribution in [2.24, 2.45) is 0 Å². The summed E-state index contributed by atoms with van der Waals surface area (Å²) in [5, 5.41) is 0. The van der Waals surface area contributed by atoms with E-state index < -0.39 is 10.1 Å². The van der Waals surface area contributed by atoms with Crippen LogP contribution in [-0.2, 0) is 16.7 Å². The van der Waals surface area contributed by atoms with E-state index in [2.05, 4.69) is 16.5 Å². The van der Waals surface area contributed by atoms with Crippen molar-refractivity contribution < 1.29 is 13.0 Å². The molecule has 1 aromatic rings. The van der Waals surface area contributed by atoms with Gasteiger partial charge in [-0.2, -0.15) is 8.42 Å². The summed E-state index contributed by atoms with van der Waals surface area (Å²) >= 11 is 0. The first-order valence-electron chi connectivity index (χ1n) is 4.94. The number of nitrogens with zero attached hydrogens (tertiary/aromatic N) is 2. The molecule has 0 amide bonds. The van der Waals surface area contributed by atoms with Crippen LogP contribution in [0.2, 0.25) is 0 Å². The molecule has 92 valence electrons. The molecule has 0 saturated carbocycles. The van der Waals surface area contributed by atoms with E-state index in [9.17, 15) is 8.42 Å². The van der Waals surface area contributed by atoms with Gasteiger partial charge in [-0.25, -0.2) is 4.98 Å². The third-order valence-corrected chi connectivity index (χ3v) is 1.53. The lowest BCUT2D eigenvalue weighted by Gasteiger charge is -2.00. The van der Waals surface area contributed by atoms with Gasteiger partial charge in [-0.1, -0.05) is 13.0 Å².